The average molecular weight is 536 g/mol. The zero-order valence-corrected chi connectivity index (χ0v) is 25.0. The van der Waals surface area contributed by atoms with Gasteiger partial charge < -0.3 is 14.5 Å². The van der Waals surface area contributed by atoms with Crippen LogP contribution in [0, 0.1) is 16.7 Å². The predicted molar refractivity (Wildman–Crippen MR) is 154 cm³/mol. The number of amides is 1. The van der Waals surface area contributed by atoms with Crippen LogP contribution in [0.15, 0.2) is 60.7 Å². The fourth-order valence-corrected chi connectivity index (χ4v) is 8.40. The minimum absolute atomic E-state index is 0.0316. The number of benzene rings is 2. The van der Waals surface area contributed by atoms with Gasteiger partial charge in [0, 0.05) is 17.9 Å². The Balaban J connectivity index is 1.53. The van der Waals surface area contributed by atoms with Crippen molar-refractivity contribution in [1.82, 2.24) is 5.32 Å². The zero-order valence-electron chi connectivity index (χ0n) is 24.0. The first-order valence-electron chi connectivity index (χ1n) is 14.1. The van der Waals surface area contributed by atoms with Crippen molar-refractivity contribution in [2.45, 2.75) is 97.2 Å². The van der Waals surface area contributed by atoms with Crippen molar-refractivity contribution in [2.24, 2.45) is 16.7 Å². The second-order valence-electron chi connectivity index (χ2n) is 13.1. The fraction of sp³-hybridized carbons (Fsp3) is 0.562. The molecule has 2 aliphatic carbocycles. The molecule has 2 aromatic rings. The highest BCUT2D eigenvalue weighted by Crippen LogP contribution is 2.71. The molecule has 0 spiro atoms. The van der Waals surface area contributed by atoms with Crippen LogP contribution >= 0.6 is 0 Å². The van der Waals surface area contributed by atoms with Crippen LogP contribution in [-0.2, 0) is 27.0 Å². The van der Waals surface area contributed by atoms with E-state index in [4.69, 9.17) is 9.16 Å². The molecule has 0 aliphatic heterocycles. The average Bonchev–Trinajstić information content (AvgIpc) is 3.19. The van der Waals surface area contributed by atoms with Crippen LogP contribution < -0.4 is 5.32 Å². The summed E-state index contributed by atoms with van der Waals surface area (Å²) in [5.41, 5.74) is 1.12. The molecule has 5 nitrogen and oxygen atoms in total. The van der Waals surface area contributed by atoms with E-state index in [-0.39, 0.29) is 35.7 Å². The molecule has 1 N–H and O–H groups in total. The van der Waals surface area contributed by atoms with Gasteiger partial charge in [0.2, 0.25) is 0 Å². The number of aryl methyl sites for hydroxylation is 1. The smallest absolute Gasteiger partial charge is 0.407 e. The van der Waals surface area contributed by atoms with Gasteiger partial charge in [-0.1, -0.05) is 81.4 Å². The molecule has 2 aliphatic rings. The van der Waals surface area contributed by atoms with Crippen LogP contribution in [0.25, 0.3) is 0 Å². The number of fused-ring (bicyclic) bond motifs is 2. The highest BCUT2D eigenvalue weighted by molar-refractivity contribution is 6.70. The van der Waals surface area contributed by atoms with Crippen LogP contribution in [0.4, 0.5) is 4.79 Å². The summed E-state index contributed by atoms with van der Waals surface area (Å²) in [6.45, 7) is 13.6. The van der Waals surface area contributed by atoms with Gasteiger partial charge in [-0.2, -0.15) is 0 Å². The van der Waals surface area contributed by atoms with Crippen LogP contribution in [0.2, 0.25) is 19.6 Å². The summed E-state index contributed by atoms with van der Waals surface area (Å²) < 4.78 is 12.5. The lowest BCUT2D eigenvalue weighted by Gasteiger charge is -2.50. The van der Waals surface area contributed by atoms with E-state index in [0.717, 1.165) is 31.2 Å². The van der Waals surface area contributed by atoms with Crippen molar-refractivity contribution in [3.8, 4) is 0 Å². The summed E-state index contributed by atoms with van der Waals surface area (Å²) in [4.78, 5) is 27.3. The predicted octanol–water partition coefficient (Wildman–Crippen LogP) is 7.31. The maximum Gasteiger partial charge on any atom is 0.407 e. The van der Waals surface area contributed by atoms with Crippen molar-refractivity contribution in [1.29, 1.82) is 0 Å². The lowest BCUT2D eigenvalue weighted by atomic mass is 9.62. The normalized spacial score (nSPS) is 26.6. The van der Waals surface area contributed by atoms with E-state index in [0.29, 0.717) is 12.3 Å². The van der Waals surface area contributed by atoms with Gasteiger partial charge in [0.05, 0.1) is 0 Å². The molecule has 0 heterocycles. The minimum Gasteiger partial charge on any atom is -0.445 e. The number of hydrogen-bond acceptors (Lipinski definition) is 4. The summed E-state index contributed by atoms with van der Waals surface area (Å²) in [7, 11) is -2.04. The van der Waals surface area contributed by atoms with E-state index >= 15 is 0 Å². The Morgan fingerprint density at radius 1 is 0.974 bits per heavy atom. The van der Waals surface area contributed by atoms with E-state index in [2.05, 4.69) is 57.9 Å². The summed E-state index contributed by atoms with van der Waals surface area (Å²) in [6.07, 6.45) is 4.12. The van der Waals surface area contributed by atoms with E-state index in [1.807, 2.05) is 48.5 Å². The fourth-order valence-electron chi connectivity index (χ4n) is 6.93. The largest absolute Gasteiger partial charge is 0.445 e. The summed E-state index contributed by atoms with van der Waals surface area (Å²) in [6, 6.07) is 19.5. The second kappa shape index (κ2) is 11.0. The Bertz CT molecular complexity index is 1110. The monoisotopic (exact) mass is 535 g/mol. The van der Waals surface area contributed by atoms with E-state index in [1.54, 1.807) is 0 Å². The molecule has 0 radical (unpaired) electrons. The topological polar surface area (TPSA) is 64.6 Å². The van der Waals surface area contributed by atoms with E-state index in [1.165, 1.54) is 5.56 Å². The van der Waals surface area contributed by atoms with Gasteiger partial charge in [0.1, 0.15) is 12.2 Å². The Morgan fingerprint density at radius 3 is 2.11 bits per heavy atom. The number of ether oxygens (including phenoxy) is 1. The van der Waals surface area contributed by atoms with Crippen molar-refractivity contribution in [2.75, 3.05) is 0 Å². The first kappa shape index (κ1) is 28.6. The third kappa shape index (κ3) is 5.76. The standard InChI is InChI=1S/C32H45NO4Si/c1-30(2)26-19-20-31(30,3)32(22-26,37-38(4,5)6)28(34)21-27(18-17-24-13-9-7-10-14-24)33-29(35)36-23-25-15-11-8-12-16-25/h7-16,26-27H,17-23H2,1-6H3,(H,33,35)/t26-,27-,31-,32-/m1/s1. The molecule has 0 aromatic heterocycles. The number of Topliss-reactive ketones (excluding diaryl/α,β-unsaturated/α-hetero) is 1. The van der Waals surface area contributed by atoms with Crippen molar-refractivity contribution in [3.63, 3.8) is 0 Å². The summed E-state index contributed by atoms with van der Waals surface area (Å²) in [5.74, 6) is 0.610. The molecule has 2 bridgehead atoms. The number of carbonyl (C=O) groups is 2. The highest BCUT2D eigenvalue weighted by atomic mass is 28.4. The lowest BCUT2D eigenvalue weighted by Crippen LogP contribution is -2.59. The number of hydrogen-bond donors (Lipinski definition) is 1. The molecule has 206 valence electrons. The van der Waals surface area contributed by atoms with Gasteiger partial charge in [0.25, 0.3) is 0 Å². The molecule has 38 heavy (non-hydrogen) atoms. The maximum absolute atomic E-state index is 14.4. The van der Waals surface area contributed by atoms with Crippen LogP contribution in [0.5, 0.6) is 0 Å². The van der Waals surface area contributed by atoms with E-state index < -0.39 is 20.0 Å². The Hall–Kier alpha value is -2.44. The highest BCUT2D eigenvalue weighted by Gasteiger charge is 2.72. The van der Waals surface area contributed by atoms with Gasteiger partial charge in [-0.15, -0.1) is 0 Å². The second-order valence-corrected chi connectivity index (χ2v) is 17.5. The Labute approximate surface area is 229 Å². The molecule has 4 rings (SSSR count). The SMILES string of the molecule is CC1(C)[C@@H]2CC[C@@]1(C)[C@](O[Si](C)(C)C)(C(=O)C[C@@H](CCc1ccccc1)NC(=O)OCc1ccccc1)C2. The number of nitrogens with one attached hydrogen (secondary N) is 1. The molecule has 0 saturated heterocycles. The summed E-state index contributed by atoms with van der Waals surface area (Å²) >= 11 is 0. The van der Waals surface area contributed by atoms with Crippen LogP contribution in [0.3, 0.4) is 0 Å². The number of ketones is 1. The molecule has 4 atom stereocenters. The molecular weight excluding hydrogens is 490 g/mol. The van der Waals surface area contributed by atoms with Crippen molar-refractivity contribution >= 4 is 20.2 Å². The number of carbonyl (C=O) groups excluding carboxylic acids is 2. The van der Waals surface area contributed by atoms with Crippen molar-refractivity contribution < 1.29 is 18.8 Å². The molecule has 2 aromatic carbocycles. The molecule has 2 fully saturated rings. The van der Waals surface area contributed by atoms with Gasteiger partial charge in [-0.05, 0) is 74.2 Å². The third-order valence-electron chi connectivity index (χ3n) is 9.38. The van der Waals surface area contributed by atoms with E-state index in [9.17, 15) is 9.59 Å². The van der Waals surface area contributed by atoms with Gasteiger partial charge in [0.15, 0.2) is 14.1 Å². The minimum atomic E-state index is -2.04. The van der Waals surface area contributed by atoms with Crippen LogP contribution in [0.1, 0.15) is 64.0 Å². The van der Waals surface area contributed by atoms with Gasteiger partial charge >= 0.3 is 6.09 Å². The lowest BCUT2D eigenvalue weighted by molar-refractivity contribution is -0.152. The molecule has 0 unspecified atom stereocenters. The molecule has 6 heteroatoms. The first-order valence-corrected chi connectivity index (χ1v) is 17.5. The Kier molecular flexibility index (Phi) is 8.25. The zero-order chi connectivity index (χ0) is 27.6. The number of alkyl carbamates (subject to hydrolysis) is 1. The Morgan fingerprint density at radius 2 is 1.58 bits per heavy atom. The first-order chi connectivity index (χ1) is 17.9. The van der Waals surface area contributed by atoms with Crippen molar-refractivity contribution in [3.05, 3.63) is 71.8 Å². The van der Waals surface area contributed by atoms with Gasteiger partial charge in [-0.3, -0.25) is 4.79 Å². The quantitative estimate of drug-likeness (QED) is 0.306. The summed E-state index contributed by atoms with van der Waals surface area (Å²) in [5, 5.41) is 3.04. The van der Waals surface area contributed by atoms with Gasteiger partial charge in [-0.25, -0.2) is 4.79 Å². The van der Waals surface area contributed by atoms with Crippen LogP contribution in [-0.4, -0.2) is 31.8 Å². The molecule has 2 saturated carbocycles. The third-order valence-corrected chi connectivity index (χ3v) is 10.3. The maximum atomic E-state index is 14.4. The molecular formula is C32H45NO4Si. The number of rotatable bonds is 11. The molecule has 1 amide bonds.